The second kappa shape index (κ2) is 8.04. The van der Waals surface area contributed by atoms with Gasteiger partial charge in [0.05, 0.1) is 12.6 Å². The number of nitrogens with zero attached hydrogens (tertiary/aromatic N) is 5. The number of nitrogens with one attached hydrogen (secondary N) is 1. The Morgan fingerprint density at radius 1 is 1.24 bits per heavy atom. The molecule has 1 atom stereocenters. The third kappa shape index (κ3) is 4.14. The van der Waals surface area contributed by atoms with Crippen LogP contribution in [0.2, 0.25) is 5.02 Å². The quantitative estimate of drug-likeness (QED) is 0.649. The third-order valence-corrected chi connectivity index (χ3v) is 4.78. The van der Waals surface area contributed by atoms with Crippen LogP contribution in [-0.4, -0.2) is 38.9 Å². The Morgan fingerprint density at radius 2 is 2.03 bits per heavy atom. The number of anilines is 2. The molecule has 1 aromatic carbocycles. The van der Waals surface area contributed by atoms with E-state index >= 15 is 0 Å². The van der Waals surface area contributed by atoms with Gasteiger partial charge < -0.3 is 14.6 Å². The maximum Gasteiger partial charge on any atom is 0.415 e. The first kappa shape index (κ1) is 19.1. The molecule has 2 aromatic heterocycles. The van der Waals surface area contributed by atoms with Crippen LogP contribution in [0.3, 0.4) is 0 Å². The normalized spacial score (nSPS) is 16.3. The molecule has 1 amide bonds. The van der Waals surface area contributed by atoms with E-state index in [-0.39, 0.29) is 18.5 Å². The summed E-state index contributed by atoms with van der Waals surface area (Å²) in [7, 11) is 0. The number of rotatable bonds is 6. The standard InChI is InChI=1S/C19H19ClN6O3/c1-11(2)14-10-28-19(27)26(14)15-7-8-21-18(23-15)22-9-16-24-17(25-29-16)12-3-5-13(20)6-4-12/h3-8,11,14H,9-10H2,1-2H3,(H,21,22,23). The minimum Gasteiger partial charge on any atom is -0.447 e. The summed E-state index contributed by atoms with van der Waals surface area (Å²) in [5, 5.41) is 7.64. The van der Waals surface area contributed by atoms with Crippen LogP contribution >= 0.6 is 11.6 Å². The van der Waals surface area contributed by atoms with Gasteiger partial charge in [-0.2, -0.15) is 9.97 Å². The Hall–Kier alpha value is -3.20. The van der Waals surface area contributed by atoms with E-state index in [0.29, 0.717) is 35.1 Å². The summed E-state index contributed by atoms with van der Waals surface area (Å²) in [5.41, 5.74) is 0.801. The summed E-state index contributed by atoms with van der Waals surface area (Å²) >= 11 is 5.90. The van der Waals surface area contributed by atoms with E-state index in [9.17, 15) is 4.79 Å². The molecule has 1 N–H and O–H groups in total. The minimum atomic E-state index is -0.405. The van der Waals surface area contributed by atoms with E-state index < -0.39 is 6.09 Å². The van der Waals surface area contributed by atoms with Crippen molar-refractivity contribution in [1.82, 2.24) is 20.1 Å². The van der Waals surface area contributed by atoms with Crippen LogP contribution in [0.5, 0.6) is 0 Å². The van der Waals surface area contributed by atoms with E-state index in [1.807, 2.05) is 26.0 Å². The largest absolute Gasteiger partial charge is 0.447 e. The van der Waals surface area contributed by atoms with Crippen LogP contribution in [0.15, 0.2) is 41.1 Å². The smallest absolute Gasteiger partial charge is 0.415 e. The van der Waals surface area contributed by atoms with Gasteiger partial charge in [-0.05, 0) is 36.2 Å². The Balaban J connectivity index is 1.45. The molecule has 10 heteroatoms. The third-order valence-electron chi connectivity index (χ3n) is 4.53. The summed E-state index contributed by atoms with van der Waals surface area (Å²) < 4.78 is 10.4. The molecule has 0 radical (unpaired) electrons. The monoisotopic (exact) mass is 414 g/mol. The topological polar surface area (TPSA) is 106 Å². The number of aromatic nitrogens is 4. The molecule has 1 aliphatic rings. The molecular weight excluding hydrogens is 396 g/mol. The Bertz CT molecular complexity index is 1010. The second-order valence-electron chi connectivity index (χ2n) is 6.87. The fourth-order valence-corrected chi connectivity index (χ4v) is 3.08. The van der Waals surface area contributed by atoms with E-state index in [1.54, 1.807) is 29.3 Å². The Kier molecular flexibility index (Phi) is 5.30. The zero-order chi connectivity index (χ0) is 20.4. The zero-order valence-electron chi connectivity index (χ0n) is 15.9. The van der Waals surface area contributed by atoms with Crippen molar-refractivity contribution < 1.29 is 14.1 Å². The number of carbonyl (C=O) groups excluding carboxylic acids is 1. The summed E-state index contributed by atoms with van der Waals surface area (Å²) in [6, 6.07) is 8.77. The average Bonchev–Trinajstić information content (AvgIpc) is 3.34. The summed E-state index contributed by atoms with van der Waals surface area (Å²) in [4.78, 5) is 26.6. The minimum absolute atomic E-state index is 0.0666. The molecule has 4 rings (SSSR count). The highest BCUT2D eigenvalue weighted by Crippen LogP contribution is 2.26. The van der Waals surface area contributed by atoms with Gasteiger partial charge in [0.1, 0.15) is 12.4 Å². The van der Waals surface area contributed by atoms with Gasteiger partial charge in [-0.3, -0.25) is 4.90 Å². The molecule has 9 nitrogen and oxygen atoms in total. The van der Waals surface area contributed by atoms with Crippen LogP contribution in [-0.2, 0) is 11.3 Å². The summed E-state index contributed by atoms with van der Waals surface area (Å²) in [5.74, 6) is 1.90. The van der Waals surface area contributed by atoms with Crippen molar-refractivity contribution in [1.29, 1.82) is 0 Å². The number of ether oxygens (including phenoxy) is 1. The fraction of sp³-hybridized carbons (Fsp3) is 0.316. The average molecular weight is 415 g/mol. The molecule has 1 saturated heterocycles. The van der Waals surface area contributed by atoms with Gasteiger partial charge in [-0.25, -0.2) is 9.78 Å². The second-order valence-corrected chi connectivity index (χ2v) is 7.31. The van der Waals surface area contributed by atoms with Gasteiger partial charge in [0.25, 0.3) is 0 Å². The number of carbonyl (C=O) groups is 1. The van der Waals surface area contributed by atoms with Crippen molar-refractivity contribution in [2.24, 2.45) is 5.92 Å². The van der Waals surface area contributed by atoms with E-state index in [0.717, 1.165) is 5.56 Å². The molecule has 1 fully saturated rings. The zero-order valence-corrected chi connectivity index (χ0v) is 16.6. The van der Waals surface area contributed by atoms with Gasteiger partial charge in [0, 0.05) is 16.8 Å². The molecule has 150 valence electrons. The van der Waals surface area contributed by atoms with Crippen molar-refractivity contribution in [3.8, 4) is 11.4 Å². The van der Waals surface area contributed by atoms with Gasteiger partial charge in [-0.15, -0.1) is 0 Å². The molecular formula is C19H19ClN6O3. The predicted octanol–water partition coefficient (Wildman–Crippen LogP) is 3.77. The Morgan fingerprint density at radius 3 is 2.79 bits per heavy atom. The van der Waals surface area contributed by atoms with E-state index in [1.165, 1.54) is 0 Å². The van der Waals surface area contributed by atoms with Gasteiger partial charge in [0.2, 0.25) is 17.7 Å². The molecule has 1 aliphatic heterocycles. The molecule has 0 saturated carbocycles. The van der Waals surface area contributed by atoms with E-state index in [2.05, 4.69) is 25.4 Å². The molecule has 0 bridgehead atoms. The maximum atomic E-state index is 12.1. The summed E-state index contributed by atoms with van der Waals surface area (Å²) in [6.07, 6.45) is 1.18. The van der Waals surface area contributed by atoms with Crippen molar-refractivity contribution in [2.45, 2.75) is 26.4 Å². The van der Waals surface area contributed by atoms with Crippen LogP contribution < -0.4 is 10.2 Å². The SMILES string of the molecule is CC(C)C1COC(=O)N1c1ccnc(NCc2nc(-c3ccc(Cl)cc3)no2)n1. The number of hydrogen-bond donors (Lipinski definition) is 1. The molecule has 0 spiro atoms. The molecule has 3 aromatic rings. The lowest BCUT2D eigenvalue weighted by Crippen LogP contribution is -2.37. The number of halogens is 1. The maximum absolute atomic E-state index is 12.1. The highest BCUT2D eigenvalue weighted by atomic mass is 35.5. The molecule has 0 aliphatic carbocycles. The van der Waals surface area contributed by atoms with Gasteiger partial charge >= 0.3 is 6.09 Å². The molecule has 29 heavy (non-hydrogen) atoms. The van der Waals surface area contributed by atoms with E-state index in [4.69, 9.17) is 20.9 Å². The van der Waals surface area contributed by atoms with Crippen LogP contribution in [0.25, 0.3) is 11.4 Å². The predicted molar refractivity (Wildman–Crippen MR) is 107 cm³/mol. The molecule has 3 heterocycles. The van der Waals surface area contributed by atoms with Crippen molar-refractivity contribution >= 4 is 29.5 Å². The highest BCUT2D eigenvalue weighted by Gasteiger charge is 2.37. The lowest BCUT2D eigenvalue weighted by Gasteiger charge is -2.23. The first-order valence-corrected chi connectivity index (χ1v) is 9.50. The number of amides is 1. The number of hydrogen-bond acceptors (Lipinski definition) is 8. The van der Waals surface area contributed by atoms with Crippen molar-refractivity contribution in [2.75, 3.05) is 16.8 Å². The van der Waals surface area contributed by atoms with Crippen LogP contribution in [0.1, 0.15) is 19.7 Å². The number of benzene rings is 1. The summed E-state index contributed by atoms with van der Waals surface area (Å²) in [6.45, 7) is 4.66. The fourth-order valence-electron chi connectivity index (χ4n) is 2.96. The van der Waals surface area contributed by atoms with Crippen molar-refractivity contribution in [3.05, 3.63) is 47.4 Å². The van der Waals surface area contributed by atoms with Crippen LogP contribution in [0.4, 0.5) is 16.6 Å². The van der Waals surface area contributed by atoms with Gasteiger partial charge in [-0.1, -0.05) is 30.6 Å². The number of cyclic esters (lactones) is 1. The van der Waals surface area contributed by atoms with Crippen molar-refractivity contribution in [3.63, 3.8) is 0 Å². The Labute approximate surface area is 172 Å². The first-order chi connectivity index (χ1) is 14.0. The lowest BCUT2D eigenvalue weighted by atomic mass is 10.0. The lowest BCUT2D eigenvalue weighted by molar-refractivity contribution is 0.177. The van der Waals surface area contributed by atoms with Gasteiger partial charge in [0.15, 0.2) is 0 Å². The molecule has 1 unspecified atom stereocenters. The van der Waals surface area contributed by atoms with Crippen LogP contribution in [0, 0.1) is 5.92 Å². The highest BCUT2D eigenvalue weighted by molar-refractivity contribution is 6.30. The first-order valence-electron chi connectivity index (χ1n) is 9.12.